The number of anilines is 1. The first-order valence-corrected chi connectivity index (χ1v) is 9.57. The molecule has 0 unspecified atom stereocenters. The van der Waals surface area contributed by atoms with Crippen molar-refractivity contribution < 1.29 is 4.79 Å². The summed E-state index contributed by atoms with van der Waals surface area (Å²) in [5.74, 6) is 0.908. The molecule has 4 rings (SSSR count). The molecule has 140 valence electrons. The molecule has 1 aliphatic heterocycles. The van der Waals surface area contributed by atoms with E-state index < -0.39 is 0 Å². The Hall–Kier alpha value is -2.89. The molecule has 3 aromatic rings. The van der Waals surface area contributed by atoms with Crippen LogP contribution in [0.1, 0.15) is 37.4 Å². The molecule has 0 saturated carbocycles. The van der Waals surface area contributed by atoms with Crippen molar-refractivity contribution in [3.63, 3.8) is 0 Å². The number of fused-ring (bicyclic) bond motifs is 1. The predicted molar refractivity (Wildman–Crippen MR) is 107 cm³/mol. The highest BCUT2D eigenvalue weighted by Crippen LogP contribution is 2.26. The number of benzene rings is 1. The van der Waals surface area contributed by atoms with Crippen molar-refractivity contribution in [1.29, 1.82) is 0 Å². The third-order valence-electron chi connectivity index (χ3n) is 5.07. The van der Waals surface area contributed by atoms with E-state index in [0.29, 0.717) is 6.54 Å². The summed E-state index contributed by atoms with van der Waals surface area (Å²) in [6.07, 6.45) is 3.70. The van der Waals surface area contributed by atoms with Gasteiger partial charge in [-0.2, -0.15) is 0 Å². The summed E-state index contributed by atoms with van der Waals surface area (Å²) in [6.45, 7) is 6.08. The fourth-order valence-electron chi connectivity index (χ4n) is 3.57. The zero-order valence-corrected chi connectivity index (χ0v) is 15.9. The van der Waals surface area contributed by atoms with Gasteiger partial charge in [0.25, 0.3) is 0 Å². The lowest BCUT2D eigenvalue weighted by atomic mass is 10.1. The third kappa shape index (κ3) is 3.65. The molecule has 1 N–H and O–H groups in total. The van der Waals surface area contributed by atoms with E-state index in [1.54, 1.807) is 0 Å². The van der Waals surface area contributed by atoms with Crippen LogP contribution >= 0.6 is 0 Å². The normalized spacial score (nSPS) is 14.5. The van der Waals surface area contributed by atoms with Crippen LogP contribution in [0.4, 0.5) is 5.82 Å². The Morgan fingerprint density at radius 2 is 1.81 bits per heavy atom. The van der Waals surface area contributed by atoms with Gasteiger partial charge in [0.2, 0.25) is 5.91 Å². The number of imidazole rings is 1. The van der Waals surface area contributed by atoms with Gasteiger partial charge in [-0.15, -0.1) is 5.10 Å². The molecule has 27 heavy (non-hydrogen) atoms. The molecule has 6 nitrogen and oxygen atoms in total. The number of hydrogen-bond donors (Lipinski definition) is 1. The van der Waals surface area contributed by atoms with Gasteiger partial charge >= 0.3 is 0 Å². The van der Waals surface area contributed by atoms with E-state index in [1.165, 1.54) is 31.7 Å². The third-order valence-corrected chi connectivity index (χ3v) is 5.07. The minimum Gasteiger partial charge on any atom is -0.355 e. The van der Waals surface area contributed by atoms with Crippen LogP contribution in [-0.2, 0) is 11.3 Å². The Kier molecular flexibility index (Phi) is 4.79. The van der Waals surface area contributed by atoms with E-state index >= 15 is 0 Å². The number of carbonyl (C=O) groups is 1. The maximum absolute atomic E-state index is 11.5. The van der Waals surface area contributed by atoms with Crippen molar-refractivity contribution >= 4 is 17.4 Å². The lowest BCUT2D eigenvalue weighted by molar-refractivity contribution is -0.119. The molecule has 3 heterocycles. The Bertz CT molecular complexity index is 955. The molecule has 1 saturated heterocycles. The second kappa shape index (κ2) is 7.39. The predicted octanol–water partition coefficient (Wildman–Crippen LogP) is 3.33. The highest BCUT2D eigenvalue weighted by atomic mass is 16.1. The van der Waals surface area contributed by atoms with Crippen molar-refractivity contribution in [2.24, 2.45) is 0 Å². The zero-order chi connectivity index (χ0) is 18.8. The number of nitrogens with one attached hydrogen (secondary N) is 1. The van der Waals surface area contributed by atoms with Crippen molar-refractivity contribution in [3.05, 3.63) is 47.7 Å². The second-order valence-electron chi connectivity index (χ2n) is 7.19. The topological polar surface area (TPSA) is 62.5 Å². The van der Waals surface area contributed by atoms with Crippen molar-refractivity contribution in [2.75, 3.05) is 18.0 Å². The average Bonchev–Trinajstić information content (AvgIpc) is 3.05. The Balaban J connectivity index is 1.80. The summed E-state index contributed by atoms with van der Waals surface area (Å²) in [5.41, 5.74) is 4.81. The molecule has 0 bridgehead atoms. The molecule has 0 atom stereocenters. The number of rotatable bonds is 4. The van der Waals surface area contributed by atoms with Crippen LogP contribution in [0.5, 0.6) is 0 Å². The van der Waals surface area contributed by atoms with Gasteiger partial charge in [-0.3, -0.25) is 4.79 Å². The quantitative estimate of drug-likeness (QED) is 0.772. The van der Waals surface area contributed by atoms with Gasteiger partial charge in [0.1, 0.15) is 5.82 Å². The van der Waals surface area contributed by atoms with Gasteiger partial charge in [-0.1, -0.05) is 29.8 Å². The highest BCUT2D eigenvalue weighted by Gasteiger charge is 2.18. The Labute approximate surface area is 159 Å². The Morgan fingerprint density at radius 3 is 2.52 bits per heavy atom. The van der Waals surface area contributed by atoms with Crippen LogP contribution in [0, 0.1) is 6.92 Å². The van der Waals surface area contributed by atoms with Gasteiger partial charge < -0.3 is 10.2 Å². The number of amides is 1. The minimum atomic E-state index is -0.0630. The molecular formula is C21H25N5O. The monoisotopic (exact) mass is 363 g/mol. The van der Waals surface area contributed by atoms with E-state index in [-0.39, 0.29) is 5.91 Å². The molecule has 0 spiro atoms. The van der Waals surface area contributed by atoms with Gasteiger partial charge in [0, 0.05) is 25.6 Å². The number of aromatic nitrogens is 3. The molecule has 1 amide bonds. The van der Waals surface area contributed by atoms with Crippen molar-refractivity contribution in [2.45, 2.75) is 39.7 Å². The van der Waals surface area contributed by atoms with E-state index in [2.05, 4.69) is 47.5 Å². The fourth-order valence-corrected chi connectivity index (χ4v) is 3.57. The van der Waals surface area contributed by atoms with Gasteiger partial charge in [-0.25, -0.2) is 9.50 Å². The molecule has 1 aromatic carbocycles. The number of aryl methyl sites for hydroxylation is 1. The van der Waals surface area contributed by atoms with Crippen LogP contribution in [0.3, 0.4) is 0 Å². The maximum Gasteiger partial charge on any atom is 0.217 e. The molecule has 1 aliphatic rings. The lowest BCUT2D eigenvalue weighted by Crippen LogP contribution is -2.30. The first-order valence-electron chi connectivity index (χ1n) is 9.57. The lowest BCUT2D eigenvalue weighted by Gasteiger charge is -2.27. The van der Waals surface area contributed by atoms with Crippen LogP contribution in [0.2, 0.25) is 0 Å². The smallest absolute Gasteiger partial charge is 0.217 e. The molecular weight excluding hydrogens is 338 g/mol. The molecule has 2 aromatic heterocycles. The van der Waals surface area contributed by atoms with Crippen LogP contribution in [-0.4, -0.2) is 33.6 Å². The SMILES string of the molecule is CC(=O)NCc1c(-c2ccc(C)cc2)nc2ccc(N3CCCCC3)nn12. The zero-order valence-electron chi connectivity index (χ0n) is 15.9. The minimum absolute atomic E-state index is 0.0630. The van der Waals surface area contributed by atoms with E-state index in [0.717, 1.165) is 41.5 Å². The van der Waals surface area contributed by atoms with Gasteiger partial charge in [0.15, 0.2) is 5.65 Å². The molecule has 0 aliphatic carbocycles. The number of piperidine rings is 1. The fraction of sp³-hybridized carbons (Fsp3) is 0.381. The van der Waals surface area contributed by atoms with E-state index in [9.17, 15) is 4.79 Å². The van der Waals surface area contributed by atoms with Gasteiger partial charge in [0.05, 0.1) is 17.9 Å². The molecule has 1 fully saturated rings. The van der Waals surface area contributed by atoms with Crippen LogP contribution < -0.4 is 10.2 Å². The summed E-state index contributed by atoms with van der Waals surface area (Å²) >= 11 is 0. The maximum atomic E-state index is 11.5. The van der Waals surface area contributed by atoms with Crippen LogP contribution in [0.15, 0.2) is 36.4 Å². The number of hydrogen-bond acceptors (Lipinski definition) is 4. The van der Waals surface area contributed by atoms with Crippen LogP contribution in [0.25, 0.3) is 16.9 Å². The first kappa shape index (κ1) is 17.5. The largest absolute Gasteiger partial charge is 0.355 e. The van der Waals surface area contributed by atoms with Crippen molar-refractivity contribution in [1.82, 2.24) is 19.9 Å². The standard InChI is InChI=1S/C21H25N5O/c1-15-6-8-17(9-7-15)21-18(14-22-16(2)27)26-19(23-21)10-11-20(24-26)25-12-4-3-5-13-25/h6-11H,3-5,12-14H2,1-2H3,(H,22,27). The van der Waals surface area contributed by atoms with E-state index in [1.807, 2.05) is 10.6 Å². The Morgan fingerprint density at radius 1 is 1.07 bits per heavy atom. The van der Waals surface area contributed by atoms with Gasteiger partial charge in [-0.05, 0) is 38.3 Å². The second-order valence-corrected chi connectivity index (χ2v) is 7.19. The van der Waals surface area contributed by atoms with Crippen molar-refractivity contribution in [3.8, 4) is 11.3 Å². The highest BCUT2D eigenvalue weighted by molar-refractivity contribution is 5.74. The van der Waals surface area contributed by atoms with E-state index in [4.69, 9.17) is 10.1 Å². The number of carbonyl (C=O) groups excluding carboxylic acids is 1. The number of nitrogens with zero attached hydrogens (tertiary/aromatic N) is 4. The summed E-state index contributed by atoms with van der Waals surface area (Å²) in [5, 5.41) is 7.78. The summed E-state index contributed by atoms with van der Waals surface area (Å²) < 4.78 is 1.88. The molecule has 0 radical (unpaired) electrons. The average molecular weight is 363 g/mol. The summed E-state index contributed by atoms with van der Waals surface area (Å²) in [6, 6.07) is 12.4. The molecule has 6 heteroatoms. The first-order chi connectivity index (χ1) is 13.1. The summed E-state index contributed by atoms with van der Waals surface area (Å²) in [7, 11) is 0. The summed E-state index contributed by atoms with van der Waals surface area (Å²) in [4.78, 5) is 18.6.